The molecule has 0 aliphatic heterocycles. The van der Waals surface area contributed by atoms with Crippen LogP contribution in [0.1, 0.15) is 0 Å². The minimum absolute atomic E-state index is 1.15. The van der Waals surface area contributed by atoms with E-state index in [-0.39, 0.29) is 0 Å². The summed E-state index contributed by atoms with van der Waals surface area (Å²) in [6.45, 7) is 0. The molecule has 3 heteroatoms. The molecule has 0 unspecified atom stereocenters. The van der Waals surface area contributed by atoms with Gasteiger partial charge in [0.05, 0.1) is 22.1 Å². The van der Waals surface area contributed by atoms with Gasteiger partial charge in [-0.15, -0.1) is 0 Å². The number of nitrogens with zero attached hydrogens (tertiary/aromatic N) is 2. The van der Waals surface area contributed by atoms with Crippen molar-refractivity contribution in [1.82, 2.24) is 9.13 Å². The molecule has 12 aromatic rings. The molecule has 0 atom stereocenters. The monoisotopic (exact) mass is 818 g/mol. The van der Waals surface area contributed by atoms with E-state index in [0.29, 0.717) is 0 Å². The summed E-state index contributed by atoms with van der Waals surface area (Å²) in [6, 6.07) is 94.2. The summed E-state index contributed by atoms with van der Waals surface area (Å²) < 4.78 is 4.99. The number of benzene rings is 10. The van der Waals surface area contributed by atoms with Crippen molar-refractivity contribution >= 4 is 72.4 Å². The molecule has 0 amide bonds. The van der Waals surface area contributed by atoms with E-state index in [0.717, 1.165) is 11.4 Å². The fourth-order valence-corrected chi connectivity index (χ4v) is 15.1. The van der Waals surface area contributed by atoms with Crippen LogP contribution in [0.4, 0.5) is 0 Å². The zero-order valence-corrected chi connectivity index (χ0v) is 35.6. The van der Waals surface area contributed by atoms with Gasteiger partial charge in [0.15, 0.2) is 8.07 Å². The lowest BCUT2D eigenvalue weighted by molar-refractivity contribution is 1.18. The van der Waals surface area contributed by atoms with Crippen molar-refractivity contribution in [3.8, 4) is 33.6 Å². The van der Waals surface area contributed by atoms with Gasteiger partial charge in [0.1, 0.15) is 0 Å². The summed E-state index contributed by atoms with van der Waals surface area (Å²) >= 11 is 0. The third-order valence-corrected chi connectivity index (χ3v) is 17.8. The second kappa shape index (κ2) is 15.2. The molecule has 10 aromatic carbocycles. The molecule has 2 nitrogen and oxygen atoms in total. The van der Waals surface area contributed by atoms with Crippen LogP contribution >= 0.6 is 0 Å². The van der Waals surface area contributed by atoms with Crippen LogP contribution in [0.3, 0.4) is 0 Å². The second-order valence-electron chi connectivity index (χ2n) is 16.5. The molecule has 12 rings (SSSR count). The van der Waals surface area contributed by atoms with Crippen molar-refractivity contribution in [3.63, 3.8) is 0 Å². The average Bonchev–Trinajstić information content (AvgIpc) is 3.89. The Hall–Kier alpha value is -7.98. The van der Waals surface area contributed by atoms with Gasteiger partial charge >= 0.3 is 0 Å². The molecule has 0 spiro atoms. The molecule has 0 saturated carbocycles. The fraction of sp³-hybridized carbons (Fsp3) is 0. The Morgan fingerprint density at radius 3 is 1.40 bits per heavy atom. The molecule has 0 radical (unpaired) electrons. The normalized spacial score (nSPS) is 11.8. The van der Waals surface area contributed by atoms with Gasteiger partial charge in [-0.3, -0.25) is 0 Å². The van der Waals surface area contributed by atoms with Gasteiger partial charge in [0.25, 0.3) is 0 Å². The molecular formula is C60H42N2Si. The van der Waals surface area contributed by atoms with Crippen LogP contribution in [0.5, 0.6) is 0 Å². The lowest BCUT2D eigenvalue weighted by Crippen LogP contribution is -2.74. The smallest absolute Gasteiger partial charge is 0.179 e. The van der Waals surface area contributed by atoms with E-state index in [4.69, 9.17) is 0 Å². The van der Waals surface area contributed by atoms with Crippen molar-refractivity contribution in [1.29, 1.82) is 0 Å². The Bertz CT molecular complexity index is 3540. The highest BCUT2D eigenvalue weighted by Gasteiger charge is 2.41. The summed E-state index contributed by atoms with van der Waals surface area (Å²) in [6.07, 6.45) is 0. The predicted molar refractivity (Wildman–Crippen MR) is 270 cm³/mol. The molecular weight excluding hydrogens is 777 g/mol. The number of hydrogen-bond acceptors (Lipinski definition) is 0. The molecule has 0 aliphatic carbocycles. The topological polar surface area (TPSA) is 9.86 Å². The molecule has 296 valence electrons. The molecule has 0 saturated heterocycles. The Balaban J connectivity index is 1.13. The van der Waals surface area contributed by atoms with Gasteiger partial charge in [-0.2, -0.15) is 0 Å². The summed E-state index contributed by atoms with van der Waals surface area (Å²) in [5.74, 6) is 0. The largest absolute Gasteiger partial charge is 0.309 e. The van der Waals surface area contributed by atoms with Crippen LogP contribution in [0.2, 0.25) is 0 Å². The maximum absolute atomic E-state index is 2.87. The lowest BCUT2D eigenvalue weighted by Gasteiger charge is -2.35. The van der Waals surface area contributed by atoms with Gasteiger partial charge in [-0.05, 0) is 91.5 Å². The number of fused-ring (bicyclic) bond motifs is 7. The van der Waals surface area contributed by atoms with Crippen molar-refractivity contribution in [2.24, 2.45) is 0 Å². The Morgan fingerprint density at radius 1 is 0.254 bits per heavy atom. The number of aromatic nitrogens is 2. The van der Waals surface area contributed by atoms with Crippen molar-refractivity contribution in [3.05, 3.63) is 255 Å². The maximum Gasteiger partial charge on any atom is 0.179 e. The lowest BCUT2D eigenvalue weighted by atomic mass is 10.0. The zero-order chi connectivity index (χ0) is 41.7. The molecule has 0 aliphatic rings. The van der Waals surface area contributed by atoms with E-state index >= 15 is 0 Å². The van der Waals surface area contributed by atoms with E-state index in [9.17, 15) is 0 Å². The molecule has 0 N–H and O–H groups in total. The third-order valence-electron chi connectivity index (χ3n) is 13.1. The van der Waals surface area contributed by atoms with Gasteiger partial charge in [0.2, 0.25) is 0 Å². The Morgan fingerprint density at radius 2 is 0.730 bits per heavy atom. The van der Waals surface area contributed by atoms with Crippen LogP contribution in [0, 0.1) is 0 Å². The number of para-hydroxylation sites is 2. The van der Waals surface area contributed by atoms with Crippen LogP contribution in [0.15, 0.2) is 255 Å². The first-order valence-corrected chi connectivity index (χ1v) is 23.8. The minimum Gasteiger partial charge on any atom is -0.309 e. The third kappa shape index (κ3) is 5.93. The van der Waals surface area contributed by atoms with Gasteiger partial charge in [0, 0.05) is 32.9 Å². The predicted octanol–water partition coefficient (Wildman–Crippen LogP) is 12.6. The summed E-state index contributed by atoms with van der Waals surface area (Å²) in [5.41, 5.74) is 12.0. The molecule has 0 fully saturated rings. The first-order valence-electron chi connectivity index (χ1n) is 21.8. The highest BCUT2D eigenvalue weighted by atomic mass is 28.3. The minimum atomic E-state index is -2.87. The van der Waals surface area contributed by atoms with Crippen LogP contribution in [0.25, 0.3) is 77.2 Å². The first-order chi connectivity index (χ1) is 31.3. The van der Waals surface area contributed by atoms with Gasteiger partial charge in [-0.1, -0.05) is 206 Å². The molecule has 2 aromatic heterocycles. The summed E-state index contributed by atoms with van der Waals surface area (Å²) in [7, 11) is -2.87. The Labute approximate surface area is 368 Å². The highest BCUT2D eigenvalue weighted by molar-refractivity contribution is 7.19. The van der Waals surface area contributed by atoms with Crippen molar-refractivity contribution < 1.29 is 0 Å². The maximum atomic E-state index is 2.50. The van der Waals surface area contributed by atoms with Crippen molar-refractivity contribution in [2.45, 2.75) is 0 Å². The van der Waals surface area contributed by atoms with Gasteiger partial charge in [-0.25, -0.2) is 0 Å². The number of rotatable bonds is 8. The van der Waals surface area contributed by atoms with Crippen LogP contribution < -0.4 is 20.7 Å². The second-order valence-corrected chi connectivity index (χ2v) is 20.3. The molecule has 0 bridgehead atoms. The summed E-state index contributed by atoms with van der Waals surface area (Å²) in [5, 5.41) is 10.4. The molecule has 63 heavy (non-hydrogen) atoms. The van der Waals surface area contributed by atoms with E-state index < -0.39 is 8.07 Å². The first kappa shape index (κ1) is 36.8. The van der Waals surface area contributed by atoms with Gasteiger partial charge < -0.3 is 9.13 Å². The SMILES string of the molecule is c1ccc(-c2ccc([Si](c3ccccc3)(c3ccccc3)c3cccc(-n4c5ccccc5c5c4ccc4c6cc(-c7ccccc7)ccc6n(-c6ccccc6)c45)c3)cc2)cc1. The van der Waals surface area contributed by atoms with E-state index in [1.165, 1.54) is 86.6 Å². The van der Waals surface area contributed by atoms with Crippen LogP contribution in [-0.4, -0.2) is 17.2 Å². The van der Waals surface area contributed by atoms with E-state index in [1.54, 1.807) is 0 Å². The quantitative estimate of drug-likeness (QED) is 0.107. The Kier molecular flexibility index (Phi) is 8.87. The van der Waals surface area contributed by atoms with Crippen molar-refractivity contribution in [2.75, 3.05) is 0 Å². The van der Waals surface area contributed by atoms with Crippen LogP contribution in [-0.2, 0) is 0 Å². The number of hydrogen-bond donors (Lipinski definition) is 0. The zero-order valence-electron chi connectivity index (χ0n) is 34.6. The molecule has 2 heterocycles. The average molecular weight is 819 g/mol. The fourth-order valence-electron chi connectivity index (χ4n) is 10.3. The summed E-state index contributed by atoms with van der Waals surface area (Å²) in [4.78, 5) is 0. The standard InChI is InChI=1S/C60H42N2Si/c1-6-19-43(20-7-1)45-33-36-51(37-34-45)63(49-26-12-4-13-27-49,50-28-14-5-15-29-50)52-30-18-25-48(42-52)61-56-32-17-16-31-54(56)59-58(61)40-38-53-55-41-46(44-21-8-2-9-22-44)35-39-57(55)62(60(53)59)47-23-10-3-11-24-47/h1-42H. The van der Waals surface area contributed by atoms with E-state index in [2.05, 4.69) is 264 Å². The highest BCUT2D eigenvalue weighted by Crippen LogP contribution is 2.43. The van der Waals surface area contributed by atoms with E-state index in [1.807, 2.05) is 0 Å².